The van der Waals surface area contributed by atoms with Crippen molar-refractivity contribution in [1.29, 1.82) is 0 Å². The van der Waals surface area contributed by atoms with Crippen LogP contribution in [-0.4, -0.2) is 14.5 Å². The summed E-state index contributed by atoms with van der Waals surface area (Å²) < 4.78 is 0. The molecule has 128 valence electrons. The molecule has 1 nitrogen and oxygen atoms in total. The van der Waals surface area contributed by atoms with Gasteiger partial charge >= 0.3 is 21.7 Å². The summed E-state index contributed by atoms with van der Waals surface area (Å²) in [5.74, 6) is 0. The zero-order valence-electron chi connectivity index (χ0n) is 15.0. The summed E-state index contributed by atoms with van der Waals surface area (Å²) in [5, 5.41) is 5.39. The molecule has 0 aliphatic rings. The van der Waals surface area contributed by atoms with E-state index in [1.165, 1.54) is 21.5 Å². The van der Waals surface area contributed by atoms with Gasteiger partial charge in [-0.1, -0.05) is 79.2 Å². The Labute approximate surface area is 175 Å². The van der Waals surface area contributed by atoms with Crippen molar-refractivity contribution >= 4 is 30.5 Å². The van der Waals surface area contributed by atoms with Crippen molar-refractivity contribution in [3.05, 3.63) is 59.6 Å². The van der Waals surface area contributed by atoms with Gasteiger partial charge in [0.25, 0.3) is 0 Å². The van der Waals surface area contributed by atoms with E-state index < -0.39 is 8.96 Å². The van der Waals surface area contributed by atoms with Gasteiger partial charge in [-0.25, -0.2) is 0 Å². The van der Waals surface area contributed by atoms with Crippen molar-refractivity contribution < 1.29 is 46.5 Å². The first-order valence-electron chi connectivity index (χ1n) is 7.62. The summed E-state index contributed by atoms with van der Waals surface area (Å²) in [6, 6.07) is 19.3. The van der Waals surface area contributed by atoms with Crippen LogP contribution in [0.2, 0.25) is 13.1 Å². The molecular formula is C19H25Cl2NSiTi. The molecule has 0 saturated heterocycles. The molecule has 0 atom stereocenters. The van der Waals surface area contributed by atoms with E-state index in [0.29, 0.717) is 0 Å². The van der Waals surface area contributed by atoms with Crippen LogP contribution in [-0.2, 0) is 21.7 Å². The van der Waals surface area contributed by atoms with Crippen LogP contribution in [0.1, 0.15) is 20.8 Å². The number of rotatable bonds is 1. The summed E-state index contributed by atoms with van der Waals surface area (Å²) in [4.78, 5) is 4.55. The second-order valence-electron chi connectivity index (χ2n) is 6.71. The maximum atomic E-state index is 4.55. The first kappa shape index (κ1) is 26.0. The molecule has 0 N–H and O–H groups in total. The minimum Gasteiger partial charge on any atom is -1.00 e. The molecule has 0 radical (unpaired) electrons. The molecule has 0 aliphatic carbocycles. The number of hydrogen-bond donors (Lipinski definition) is 0. The first-order chi connectivity index (χ1) is 9.87. The fourth-order valence-corrected chi connectivity index (χ4v) is 4.23. The predicted molar refractivity (Wildman–Crippen MR) is 99.0 cm³/mol. The largest absolute Gasteiger partial charge is 4.00 e. The Morgan fingerprint density at radius 3 is 1.46 bits per heavy atom. The maximum Gasteiger partial charge on any atom is 4.00 e. The molecule has 3 aromatic carbocycles. The minimum atomic E-state index is -0.671. The van der Waals surface area contributed by atoms with E-state index in [2.05, 4.69) is 93.4 Å². The fraction of sp³-hybridized carbons (Fsp3) is 0.316. The van der Waals surface area contributed by atoms with Gasteiger partial charge in [0.2, 0.25) is 0 Å². The molecule has 0 unspecified atom stereocenters. The van der Waals surface area contributed by atoms with Gasteiger partial charge in [-0.3, -0.25) is 0 Å². The average Bonchev–Trinajstić information content (AvgIpc) is 2.75. The van der Waals surface area contributed by atoms with Crippen LogP contribution in [0.5, 0.6) is 0 Å². The molecule has 0 amide bonds. The zero-order valence-corrected chi connectivity index (χ0v) is 19.2. The zero-order chi connectivity index (χ0) is 15.5. The Hall–Kier alpha value is -0.219. The van der Waals surface area contributed by atoms with Crippen LogP contribution < -0.4 is 24.8 Å². The van der Waals surface area contributed by atoms with Crippen LogP contribution in [0.15, 0.2) is 54.6 Å². The Morgan fingerprint density at radius 2 is 1.17 bits per heavy atom. The number of nitrogens with zero attached hydrogens (tertiary/aromatic N) is 1. The maximum absolute atomic E-state index is 4.55. The molecule has 0 heterocycles. The molecule has 0 spiro atoms. The average molecular weight is 414 g/mol. The van der Waals surface area contributed by atoms with Gasteiger partial charge in [-0.15, -0.1) is 45.3 Å². The van der Waals surface area contributed by atoms with Crippen LogP contribution in [0, 0.1) is 0 Å². The number of hydrogen-bond acceptors (Lipinski definition) is 0. The van der Waals surface area contributed by atoms with E-state index in [0.717, 1.165) is 0 Å². The molecule has 24 heavy (non-hydrogen) atoms. The van der Waals surface area contributed by atoms with Gasteiger partial charge in [-0.05, 0) is 0 Å². The van der Waals surface area contributed by atoms with E-state index in [9.17, 15) is 0 Å². The van der Waals surface area contributed by atoms with Gasteiger partial charge in [0.15, 0.2) is 0 Å². The summed E-state index contributed by atoms with van der Waals surface area (Å²) in [6.07, 6.45) is 0. The van der Waals surface area contributed by atoms with Gasteiger partial charge < -0.3 is 29.8 Å². The molecule has 0 saturated carbocycles. The Bertz CT molecular complexity index is 670. The molecule has 3 rings (SSSR count). The summed E-state index contributed by atoms with van der Waals surface area (Å²) in [5.41, 5.74) is 0.209. The van der Waals surface area contributed by atoms with Crippen molar-refractivity contribution in [3.63, 3.8) is 0 Å². The normalized spacial score (nSPS) is 10.2. The van der Waals surface area contributed by atoms with E-state index in [1.54, 1.807) is 0 Å². The Balaban J connectivity index is 0. The Kier molecular flexibility index (Phi) is 12.4. The second kappa shape index (κ2) is 11.4. The summed E-state index contributed by atoms with van der Waals surface area (Å²) in [7, 11) is -0.671. The number of fused-ring (bicyclic) bond motifs is 3. The monoisotopic (exact) mass is 413 g/mol. The van der Waals surface area contributed by atoms with Crippen LogP contribution in [0.25, 0.3) is 26.5 Å². The third-order valence-corrected chi connectivity index (χ3v) is 4.46. The summed E-state index contributed by atoms with van der Waals surface area (Å²) >= 11 is 0. The van der Waals surface area contributed by atoms with Gasteiger partial charge in [-0.2, -0.15) is 0 Å². The third-order valence-electron chi connectivity index (χ3n) is 3.17. The standard InChI is InChI=1S/C13H9.C6H16NSi.2ClH.Ti/c1-3-7-12-10(5-1)9-11-6-2-4-8-13(11)12;1-6(2,3)7-8(4)5;;;/h1-9H;8H,1-5H3;2*1H;/q2*-1;;;+4/p-2. The molecular weight excluding hydrogens is 389 g/mol. The fourth-order valence-electron chi connectivity index (χ4n) is 2.68. The smallest absolute Gasteiger partial charge is 1.00 e. The quantitative estimate of drug-likeness (QED) is 0.389. The van der Waals surface area contributed by atoms with Crippen molar-refractivity contribution in [1.82, 2.24) is 0 Å². The summed E-state index contributed by atoms with van der Waals surface area (Å²) in [6.45, 7) is 10.9. The van der Waals surface area contributed by atoms with Crippen LogP contribution in [0.3, 0.4) is 0 Å². The van der Waals surface area contributed by atoms with Crippen molar-refractivity contribution in [2.24, 2.45) is 0 Å². The topological polar surface area (TPSA) is 14.1 Å². The van der Waals surface area contributed by atoms with Crippen molar-refractivity contribution in [2.75, 3.05) is 0 Å². The molecule has 0 aliphatic heterocycles. The van der Waals surface area contributed by atoms with Crippen molar-refractivity contribution in [3.8, 4) is 0 Å². The first-order valence-corrected chi connectivity index (χ1v) is 10.4. The molecule has 0 bridgehead atoms. The molecule has 0 fully saturated rings. The predicted octanol–water partition coefficient (Wildman–Crippen LogP) is -0.141. The van der Waals surface area contributed by atoms with E-state index >= 15 is 0 Å². The SMILES string of the molecule is C[SiH](C)[N-]C(C)(C)C.[Cl-].[Cl-].[Ti+4].c1ccc2c(c1)[cH-]c1ccccc12. The third kappa shape index (κ3) is 7.78. The number of halogens is 2. The van der Waals surface area contributed by atoms with E-state index in [1.807, 2.05) is 0 Å². The van der Waals surface area contributed by atoms with E-state index in [4.69, 9.17) is 0 Å². The second-order valence-corrected chi connectivity index (χ2v) is 9.16. The van der Waals surface area contributed by atoms with Gasteiger partial charge in [0.1, 0.15) is 0 Å². The van der Waals surface area contributed by atoms with Crippen molar-refractivity contribution in [2.45, 2.75) is 39.4 Å². The number of benzene rings is 2. The molecule has 3 aromatic rings. The minimum absolute atomic E-state index is 0. The van der Waals surface area contributed by atoms with Crippen LogP contribution in [0.4, 0.5) is 0 Å². The Morgan fingerprint density at radius 1 is 0.792 bits per heavy atom. The van der Waals surface area contributed by atoms with E-state index in [-0.39, 0.29) is 52.1 Å². The van der Waals surface area contributed by atoms with Gasteiger partial charge in [0.05, 0.1) is 0 Å². The van der Waals surface area contributed by atoms with Gasteiger partial charge in [0, 0.05) is 0 Å². The molecule has 0 aromatic heterocycles. The molecule has 5 heteroatoms. The van der Waals surface area contributed by atoms with Crippen LogP contribution >= 0.6 is 0 Å².